The van der Waals surface area contributed by atoms with Crippen LogP contribution in [0.15, 0.2) is 79.1 Å². The zero-order valence-electron chi connectivity index (χ0n) is 21.9. The highest BCUT2D eigenvalue weighted by atomic mass is 16.5. The first-order valence-corrected chi connectivity index (χ1v) is 12.9. The predicted molar refractivity (Wildman–Crippen MR) is 148 cm³/mol. The summed E-state index contributed by atoms with van der Waals surface area (Å²) in [5.74, 6) is -0.356. The number of nitrogens with two attached hydrogens (primary N) is 1. The summed E-state index contributed by atoms with van der Waals surface area (Å²) in [6, 6.07) is 20.2. The molecule has 0 aliphatic carbocycles. The van der Waals surface area contributed by atoms with Crippen LogP contribution in [0.3, 0.4) is 0 Å². The molecule has 0 aliphatic rings. The Kier molecular flexibility index (Phi) is 9.42. The van der Waals surface area contributed by atoms with Crippen LogP contribution in [0, 0.1) is 6.92 Å². The van der Waals surface area contributed by atoms with Crippen LogP contribution in [0.25, 0.3) is 16.9 Å². The van der Waals surface area contributed by atoms with E-state index in [2.05, 4.69) is 10.3 Å². The van der Waals surface area contributed by atoms with Crippen molar-refractivity contribution in [2.24, 2.45) is 5.73 Å². The Balaban J connectivity index is 1.47. The molecule has 9 nitrogen and oxygen atoms in total. The van der Waals surface area contributed by atoms with Gasteiger partial charge in [-0.25, -0.2) is 4.68 Å². The molecule has 2 aromatic heterocycles. The van der Waals surface area contributed by atoms with Gasteiger partial charge in [0.2, 0.25) is 17.7 Å². The number of hydrogen-bond donors (Lipinski definition) is 3. The zero-order chi connectivity index (χ0) is 27.6. The summed E-state index contributed by atoms with van der Waals surface area (Å²) in [7, 11) is 0. The minimum absolute atomic E-state index is 0.0818. The number of aliphatic hydroxyl groups is 1. The molecule has 202 valence electrons. The van der Waals surface area contributed by atoms with E-state index in [0.29, 0.717) is 30.8 Å². The number of ether oxygens (including phenoxy) is 1. The molecule has 1 atom stereocenters. The Morgan fingerprint density at radius 1 is 1.08 bits per heavy atom. The van der Waals surface area contributed by atoms with Crippen molar-refractivity contribution in [2.45, 2.75) is 38.6 Å². The third kappa shape index (κ3) is 7.30. The van der Waals surface area contributed by atoms with Gasteiger partial charge < -0.3 is 20.9 Å². The Bertz CT molecular complexity index is 1370. The van der Waals surface area contributed by atoms with Gasteiger partial charge in [0.1, 0.15) is 11.7 Å². The van der Waals surface area contributed by atoms with Crippen LogP contribution >= 0.6 is 0 Å². The molecule has 9 heteroatoms. The van der Waals surface area contributed by atoms with Crippen LogP contribution in [0.1, 0.15) is 29.5 Å². The second-order valence-electron chi connectivity index (χ2n) is 9.26. The van der Waals surface area contributed by atoms with Crippen molar-refractivity contribution >= 4 is 11.8 Å². The fourth-order valence-electron chi connectivity index (χ4n) is 4.26. The van der Waals surface area contributed by atoms with E-state index in [9.17, 15) is 14.7 Å². The molecular formula is C30H33N5O4. The van der Waals surface area contributed by atoms with Gasteiger partial charge in [-0.1, -0.05) is 48.0 Å². The molecule has 0 spiro atoms. The number of aromatic nitrogens is 3. The maximum absolute atomic E-state index is 12.6. The summed E-state index contributed by atoms with van der Waals surface area (Å²) >= 11 is 0. The number of carbonyl (C=O) groups excluding carboxylic acids is 2. The van der Waals surface area contributed by atoms with Crippen molar-refractivity contribution in [1.29, 1.82) is 0 Å². The number of benzene rings is 2. The smallest absolute Gasteiger partial charge is 0.240 e. The molecule has 0 aliphatic heterocycles. The van der Waals surface area contributed by atoms with Gasteiger partial charge in [-0.15, -0.1) is 0 Å². The first kappa shape index (κ1) is 27.5. The lowest BCUT2D eigenvalue weighted by Crippen LogP contribution is -2.45. The molecule has 0 saturated heterocycles. The SMILES string of the molecule is Cc1ccc(-n2nc(-c3cccnc3)c(CCO)c2OCCCC(=O)N[C@@H](Cc2ccccc2)C(N)=O)cc1. The molecule has 0 saturated carbocycles. The number of aliphatic hydroxyl groups excluding tert-OH is 1. The Hall–Kier alpha value is -4.50. The largest absolute Gasteiger partial charge is 0.477 e. The van der Waals surface area contributed by atoms with Crippen molar-refractivity contribution < 1.29 is 19.4 Å². The maximum atomic E-state index is 12.6. The Labute approximate surface area is 227 Å². The summed E-state index contributed by atoms with van der Waals surface area (Å²) in [6.45, 7) is 2.16. The number of aryl methyl sites for hydroxylation is 1. The van der Waals surface area contributed by atoms with E-state index in [1.54, 1.807) is 17.1 Å². The first-order valence-electron chi connectivity index (χ1n) is 12.9. The minimum atomic E-state index is -0.790. The molecule has 4 N–H and O–H groups in total. The normalized spacial score (nSPS) is 11.6. The number of pyridine rings is 1. The van der Waals surface area contributed by atoms with E-state index in [0.717, 1.165) is 27.9 Å². The molecule has 0 radical (unpaired) electrons. The molecule has 2 amide bonds. The topological polar surface area (TPSA) is 132 Å². The zero-order valence-corrected chi connectivity index (χ0v) is 21.9. The van der Waals surface area contributed by atoms with E-state index < -0.39 is 11.9 Å². The van der Waals surface area contributed by atoms with Crippen LogP contribution in [0.5, 0.6) is 5.88 Å². The van der Waals surface area contributed by atoms with E-state index >= 15 is 0 Å². The van der Waals surface area contributed by atoms with Crippen molar-refractivity contribution in [3.63, 3.8) is 0 Å². The van der Waals surface area contributed by atoms with E-state index in [1.807, 2.05) is 73.7 Å². The molecule has 2 aromatic carbocycles. The average Bonchev–Trinajstić information content (AvgIpc) is 3.30. The first-order chi connectivity index (χ1) is 19.0. The Morgan fingerprint density at radius 2 is 1.85 bits per heavy atom. The molecule has 2 heterocycles. The molecule has 0 fully saturated rings. The fourth-order valence-corrected chi connectivity index (χ4v) is 4.26. The maximum Gasteiger partial charge on any atom is 0.240 e. The summed E-state index contributed by atoms with van der Waals surface area (Å²) in [5, 5.41) is 17.4. The average molecular weight is 528 g/mol. The van der Waals surface area contributed by atoms with Gasteiger partial charge in [0.05, 0.1) is 12.3 Å². The molecule has 0 bridgehead atoms. The number of hydrogen-bond acceptors (Lipinski definition) is 6. The standard InChI is InChI=1S/C30H33N5O4/c1-21-11-13-24(14-12-21)35-30(25(15-17-36)28(34-35)23-9-5-16-32-20-23)39-18-6-10-27(37)33-26(29(31)38)19-22-7-3-2-4-8-22/h2-5,7-9,11-14,16,20,26,36H,6,10,15,17-19H2,1H3,(H2,31,38)(H,33,37)/t26-/m0/s1. The lowest BCUT2D eigenvalue weighted by molar-refractivity contribution is -0.127. The quantitative estimate of drug-likeness (QED) is 0.229. The predicted octanol–water partition coefficient (Wildman–Crippen LogP) is 3.15. The lowest BCUT2D eigenvalue weighted by atomic mass is 10.1. The highest BCUT2D eigenvalue weighted by molar-refractivity contribution is 5.86. The monoisotopic (exact) mass is 527 g/mol. The van der Waals surface area contributed by atoms with Gasteiger partial charge in [-0.3, -0.25) is 14.6 Å². The Morgan fingerprint density at radius 3 is 2.51 bits per heavy atom. The third-order valence-electron chi connectivity index (χ3n) is 6.26. The number of rotatable bonds is 13. The molecule has 39 heavy (non-hydrogen) atoms. The van der Waals surface area contributed by atoms with Crippen molar-refractivity contribution in [3.8, 4) is 22.8 Å². The molecule has 4 rings (SSSR count). The van der Waals surface area contributed by atoms with E-state index in [4.69, 9.17) is 15.6 Å². The van der Waals surface area contributed by atoms with Gasteiger partial charge in [-0.2, -0.15) is 5.10 Å². The van der Waals surface area contributed by atoms with Crippen LogP contribution in [0.2, 0.25) is 0 Å². The van der Waals surface area contributed by atoms with Gasteiger partial charge in [-0.05, 0) is 43.2 Å². The van der Waals surface area contributed by atoms with E-state index in [-0.39, 0.29) is 25.5 Å². The van der Waals surface area contributed by atoms with Crippen molar-refractivity contribution in [1.82, 2.24) is 20.1 Å². The highest BCUT2D eigenvalue weighted by Crippen LogP contribution is 2.33. The lowest BCUT2D eigenvalue weighted by Gasteiger charge is -2.16. The summed E-state index contributed by atoms with van der Waals surface area (Å²) in [5.41, 5.74) is 10.6. The van der Waals surface area contributed by atoms with Crippen molar-refractivity contribution in [2.75, 3.05) is 13.2 Å². The highest BCUT2D eigenvalue weighted by Gasteiger charge is 2.22. The minimum Gasteiger partial charge on any atom is -0.477 e. The number of carbonyl (C=O) groups is 2. The number of nitrogens with zero attached hydrogens (tertiary/aromatic N) is 3. The second-order valence-corrected chi connectivity index (χ2v) is 9.26. The molecular weight excluding hydrogens is 494 g/mol. The van der Waals surface area contributed by atoms with Gasteiger partial charge in [0, 0.05) is 49.4 Å². The van der Waals surface area contributed by atoms with Gasteiger partial charge in [0.25, 0.3) is 0 Å². The van der Waals surface area contributed by atoms with Crippen molar-refractivity contribution in [3.05, 3.63) is 95.8 Å². The number of nitrogens with one attached hydrogen (secondary N) is 1. The van der Waals surface area contributed by atoms with E-state index in [1.165, 1.54) is 0 Å². The summed E-state index contributed by atoms with van der Waals surface area (Å²) < 4.78 is 7.92. The van der Waals surface area contributed by atoms with Gasteiger partial charge in [0.15, 0.2) is 0 Å². The van der Waals surface area contributed by atoms with Crippen LogP contribution in [-0.4, -0.2) is 50.9 Å². The van der Waals surface area contributed by atoms with Crippen LogP contribution < -0.4 is 15.8 Å². The second kappa shape index (κ2) is 13.3. The summed E-state index contributed by atoms with van der Waals surface area (Å²) in [6.07, 6.45) is 4.64. The van der Waals surface area contributed by atoms with Crippen LogP contribution in [-0.2, 0) is 22.4 Å². The third-order valence-corrected chi connectivity index (χ3v) is 6.26. The van der Waals surface area contributed by atoms with Crippen LogP contribution in [0.4, 0.5) is 0 Å². The molecule has 0 unspecified atom stereocenters. The number of primary amides is 1. The fraction of sp³-hybridized carbons (Fsp3) is 0.267. The summed E-state index contributed by atoms with van der Waals surface area (Å²) in [4.78, 5) is 28.7. The molecule has 4 aromatic rings. The van der Waals surface area contributed by atoms with Gasteiger partial charge >= 0.3 is 0 Å². The number of amides is 2.